The third kappa shape index (κ3) is 18.8. The minimum Gasteiger partial charge on any atom is -0.481 e. The number of hydrogen-bond donors (Lipinski definition) is 1. The van der Waals surface area contributed by atoms with Gasteiger partial charge in [0.2, 0.25) is 0 Å². The van der Waals surface area contributed by atoms with Crippen molar-refractivity contribution in [2.45, 2.75) is 13.3 Å². The lowest BCUT2D eigenvalue weighted by atomic mass is 10.5. The van der Waals surface area contributed by atoms with Gasteiger partial charge in [0, 0.05) is 5.75 Å². The van der Waals surface area contributed by atoms with Crippen LogP contribution in [-0.2, 0) is 14.4 Å². The van der Waals surface area contributed by atoms with Crippen LogP contribution in [0.1, 0.15) is 13.3 Å². The number of carbonyl (C=O) groups is 1. The van der Waals surface area contributed by atoms with Crippen LogP contribution in [-0.4, -0.2) is 35.8 Å². The number of hydrogen-bond acceptors (Lipinski definition) is 9. The highest BCUT2D eigenvalue weighted by atomic mass is 33.1. The second kappa shape index (κ2) is 15.5. The number of thioether (sulfide) groups is 2. The summed E-state index contributed by atoms with van der Waals surface area (Å²) in [4.78, 5) is 26.5. The van der Waals surface area contributed by atoms with Gasteiger partial charge in [0.1, 0.15) is 7.06 Å². The monoisotopic (exact) mass is 362 g/mol. The molecule has 18 heavy (non-hydrogen) atoms. The molecule has 0 saturated heterocycles. The fraction of sp³-hybridized carbons (Fsp3) is 0.500. The van der Waals surface area contributed by atoms with Crippen molar-refractivity contribution in [3.63, 3.8) is 0 Å². The van der Waals surface area contributed by atoms with Crippen molar-refractivity contribution >= 4 is 88.7 Å². The molecule has 0 heterocycles. The Kier molecular flexibility index (Phi) is 17.8. The average molecular weight is 363 g/mol. The summed E-state index contributed by atoms with van der Waals surface area (Å²) in [5, 5.41) is 8.42. The summed E-state index contributed by atoms with van der Waals surface area (Å²) in [7, 11) is 2.90. The summed E-state index contributed by atoms with van der Waals surface area (Å²) in [6.45, 7) is 2.04. The smallest absolute Gasteiger partial charge is 0.373 e. The molecule has 0 unspecified atom stereocenters. The Balaban J connectivity index is 0. The van der Waals surface area contributed by atoms with E-state index in [0.717, 1.165) is 12.8 Å². The van der Waals surface area contributed by atoms with Gasteiger partial charge < -0.3 is 5.11 Å². The lowest BCUT2D eigenvalue weighted by Gasteiger charge is -2.01. The summed E-state index contributed by atoms with van der Waals surface area (Å²) >= 11 is 13.1. The Morgan fingerprint density at radius 2 is 1.61 bits per heavy atom. The highest BCUT2D eigenvalue weighted by molar-refractivity contribution is 8.96. The predicted octanol–water partition coefficient (Wildman–Crippen LogP) is 3.32. The van der Waals surface area contributed by atoms with E-state index in [-0.39, 0.29) is 12.6 Å². The van der Waals surface area contributed by atoms with Gasteiger partial charge in [0.15, 0.2) is 0 Å². The van der Waals surface area contributed by atoms with E-state index in [4.69, 9.17) is 39.1 Å². The SMILES string of the molecule is CCSC(=S)SSC(=S)SCCC(=O)O.O=C=O. The minimum absolute atomic E-state index is 0.143. The topological polar surface area (TPSA) is 71.4 Å². The van der Waals surface area contributed by atoms with E-state index in [9.17, 15) is 4.79 Å². The molecular formula is C8H10O4S6. The Hall–Kier alpha value is 0.430. The fourth-order valence-electron chi connectivity index (χ4n) is 0.456. The van der Waals surface area contributed by atoms with Gasteiger partial charge in [0.25, 0.3) is 0 Å². The van der Waals surface area contributed by atoms with Crippen molar-refractivity contribution < 1.29 is 19.5 Å². The summed E-state index contributed by atoms with van der Waals surface area (Å²) in [6.07, 6.45) is 0.393. The molecule has 1 N–H and O–H groups in total. The Morgan fingerprint density at radius 3 is 2.00 bits per heavy atom. The number of carbonyl (C=O) groups excluding carboxylic acids is 2. The zero-order valence-corrected chi connectivity index (χ0v) is 14.1. The number of carboxylic acids is 1. The van der Waals surface area contributed by atoms with E-state index < -0.39 is 5.97 Å². The minimum atomic E-state index is -0.792. The quantitative estimate of drug-likeness (QED) is 0.595. The van der Waals surface area contributed by atoms with Gasteiger partial charge in [0.05, 0.1) is 6.42 Å². The van der Waals surface area contributed by atoms with Gasteiger partial charge in [-0.3, -0.25) is 4.79 Å². The van der Waals surface area contributed by atoms with E-state index in [0.29, 0.717) is 5.75 Å². The molecule has 0 aromatic rings. The molecule has 0 aromatic carbocycles. The molecule has 0 spiro atoms. The van der Waals surface area contributed by atoms with Crippen LogP contribution in [0.5, 0.6) is 0 Å². The Bertz CT molecular complexity index is 313. The fourth-order valence-corrected chi connectivity index (χ4v) is 5.36. The van der Waals surface area contributed by atoms with E-state index >= 15 is 0 Å². The van der Waals surface area contributed by atoms with Gasteiger partial charge >= 0.3 is 12.1 Å². The van der Waals surface area contributed by atoms with Gasteiger partial charge in [-0.25, -0.2) is 0 Å². The molecule has 0 aliphatic rings. The second-order valence-corrected chi connectivity index (χ2v) is 9.07. The first kappa shape index (κ1) is 20.7. The number of carboxylic acid groups (broad SMARTS) is 1. The van der Waals surface area contributed by atoms with Gasteiger partial charge in [-0.1, -0.05) is 31.4 Å². The molecule has 4 nitrogen and oxygen atoms in total. The molecule has 0 bridgehead atoms. The normalized spacial score (nSPS) is 8.72. The predicted molar refractivity (Wildman–Crippen MR) is 88.2 cm³/mol. The molecular weight excluding hydrogens is 352 g/mol. The van der Waals surface area contributed by atoms with Crippen LogP contribution < -0.4 is 0 Å². The zero-order valence-electron chi connectivity index (χ0n) is 9.24. The van der Waals surface area contributed by atoms with E-state index in [1.165, 1.54) is 33.3 Å². The van der Waals surface area contributed by atoms with Crippen LogP contribution >= 0.6 is 69.5 Å². The first-order valence-corrected chi connectivity index (χ1v) is 9.30. The van der Waals surface area contributed by atoms with E-state index in [2.05, 4.69) is 0 Å². The van der Waals surface area contributed by atoms with Crippen molar-refractivity contribution in [1.82, 2.24) is 0 Å². The lowest BCUT2D eigenvalue weighted by Crippen LogP contribution is -1.96. The highest BCUT2D eigenvalue weighted by Crippen LogP contribution is 2.34. The van der Waals surface area contributed by atoms with Crippen LogP contribution in [0.4, 0.5) is 0 Å². The summed E-state index contributed by atoms with van der Waals surface area (Å²) in [5.74, 6) is 0.695. The third-order valence-electron chi connectivity index (χ3n) is 0.976. The van der Waals surface area contributed by atoms with Crippen molar-refractivity contribution in [3.05, 3.63) is 0 Å². The molecule has 0 atom stereocenters. The standard InChI is InChI=1S/C7H10O2S6.CO2/c1-2-12-6(10)14-15-7(11)13-4-3-5(8)9;2-1-3/h2-4H2,1H3,(H,8,9);. The van der Waals surface area contributed by atoms with Crippen LogP contribution in [0, 0.1) is 0 Å². The van der Waals surface area contributed by atoms with Gasteiger partial charge in [-0.15, -0.1) is 23.5 Å². The molecule has 0 aliphatic heterocycles. The molecule has 0 aromatic heterocycles. The molecule has 0 aliphatic carbocycles. The van der Waals surface area contributed by atoms with E-state index in [1.54, 1.807) is 11.8 Å². The van der Waals surface area contributed by atoms with Crippen molar-refractivity contribution in [2.75, 3.05) is 11.5 Å². The number of aliphatic carboxylic acids is 1. The first-order chi connectivity index (χ1) is 8.47. The lowest BCUT2D eigenvalue weighted by molar-refractivity contribution is -0.191. The highest BCUT2D eigenvalue weighted by Gasteiger charge is 2.04. The molecule has 0 amide bonds. The molecule has 0 rings (SSSR count). The van der Waals surface area contributed by atoms with Crippen LogP contribution in [0.2, 0.25) is 0 Å². The maximum absolute atomic E-state index is 10.2. The largest absolute Gasteiger partial charge is 0.481 e. The van der Waals surface area contributed by atoms with Crippen LogP contribution in [0.25, 0.3) is 0 Å². The average Bonchev–Trinajstić information content (AvgIpc) is 2.27. The molecule has 0 fully saturated rings. The Labute approximate surface area is 132 Å². The number of rotatable bonds is 4. The van der Waals surface area contributed by atoms with Crippen molar-refractivity contribution in [2.24, 2.45) is 0 Å². The molecule has 0 saturated carbocycles. The summed E-state index contributed by atoms with van der Waals surface area (Å²) in [5.41, 5.74) is 0. The summed E-state index contributed by atoms with van der Waals surface area (Å²) < 4.78 is 1.60. The van der Waals surface area contributed by atoms with E-state index in [1.807, 2.05) is 6.92 Å². The van der Waals surface area contributed by atoms with Crippen molar-refractivity contribution in [3.8, 4) is 0 Å². The maximum Gasteiger partial charge on any atom is 0.373 e. The van der Waals surface area contributed by atoms with Gasteiger partial charge in [-0.2, -0.15) is 9.59 Å². The molecule has 0 radical (unpaired) electrons. The molecule has 102 valence electrons. The molecule has 10 heteroatoms. The van der Waals surface area contributed by atoms with Crippen LogP contribution in [0.3, 0.4) is 0 Å². The third-order valence-corrected chi connectivity index (χ3v) is 7.43. The van der Waals surface area contributed by atoms with Gasteiger partial charge in [-0.05, 0) is 27.3 Å². The number of thiocarbonyl (C=S) groups is 2. The first-order valence-electron chi connectivity index (χ1n) is 4.37. The van der Waals surface area contributed by atoms with Crippen LogP contribution in [0.15, 0.2) is 0 Å². The zero-order chi connectivity index (χ0) is 14.4. The Morgan fingerprint density at radius 1 is 1.17 bits per heavy atom. The second-order valence-electron chi connectivity index (χ2n) is 2.18. The van der Waals surface area contributed by atoms with Crippen molar-refractivity contribution in [1.29, 1.82) is 0 Å². The summed E-state index contributed by atoms with van der Waals surface area (Å²) in [6, 6.07) is 0. The maximum atomic E-state index is 10.2.